The Hall–Kier alpha value is -3.26. The maximum absolute atomic E-state index is 13.2. The van der Waals surface area contributed by atoms with Crippen LogP contribution in [0.2, 0.25) is 0 Å². The quantitative estimate of drug-likeness (QED) is 0.528. The van der Waals surface area contributed by atoms with Gasteiger partial charge in [0.05, 0.1) is 35.7 Å². The largest absolute Gasteiger partial charge is 0.374 e. The topological polar surface area (TPSA) is 109 Å². The second kappa shape index (κ2) is 8.85. The summed E-state index contributed by atoms with van der Waals surface area (Å²) in [6.07, 6.45) is 4.84. The average molecular weight is 422 g/mol. The Bertz CT molecular complexity index is 1100. The van der Waals surface area contributed by atoms with Crippen LogP contribution in [0.5, 0.6) is 0 Å². The number of hydrogen-bond donors (Lipinski definition) is 3. The molecule has 3 aromatic rings. The summed E-state index contributed by atoms with van der Waals surface area (Å²) < 4.78 is 5.99. The van der Waals surface area contributed by atoms with Gasteiger partial charge in [-0.1, -0.05) is 24.3 Å². The number of carbonyl (C=O) groups excluding carboxylic acids is 2. The number of nitrogens with one attached hydrogen (secondary N) is 3. The summed E-state index contributed by atoms with van der Waals surface area (Å²) >= 11 is 0. The number of carbonyl (C=O) groups is 2. The highest BCUT2D eigenvalue weighted by Gasteiger charge is 2.28. The van der Waals surface area contributed by atoms with E-state index in [2.05, 4.69) is 25.6 Å². The van der Waals surface area contributed by atoms with Gasteiger partial charge in [-0.25, -0.2) is 9.97 Å². The molecule has 0 spiro atoms. The van der Waals surface area contributed by atoms with Gasteiger partial charge in [0.25, 0.3) is 0 Å². The lowest BCUT2D eigenvalue weighted by atomic mass is 9.98. The minimum absolute atomic E-state index is 0.0159. The molecule has 0 unspecified atom stereocenters. The van der Waals surface area contributed by atoms with Gasteiger partial charge in [0.15, 0.2) is 5.78 Å². The highest BCUT2D eigenvalue weighted by atomic mass is 16.5. The normalized spacial score (nSPS) is 19.7. The number of fused-ring (bicyclic) bond motifs is 1. The molecule has 1 aliphatic heterocycles. The molecule has 0 aliphatic carbocycles. The van der Waals surface area contributed by atoms with Crippen molar-refractivity contribution in [3.63, 3.8) is 0 Å². The summed E-state index contributed by atoms with van der Waals surface area (Å²) in [5.41, 5.74) is 2.74. The van der Waals surface area contributed by atoms with E-state index < -0.39 is 0 Å². The van der Waals surface area contributed by atoms with Crippen molar-refractivity contribution in [1.82, 2.24) is 20.3 Å². The highest BCUT2D eigenvalue weighted by molar-refractivity contribution is 6.18. The summed E-state index contributed by atoms with van der Waals surface area (Å²) in [7, 11) is 0. The van der Waals surface area contributed by atoms with Crippen molar-refractivity contribution in [3.8, 4) is 0 Å². The van der Waals surface area contributed by atoms with Crippen LogP contribution in [0.3, 0.4) is 0 Å². The van der Waals surface area contributed by atoms with Crippen molar-refractivity contribution in [2.24, 2.45) is 0 Å². The lowest BCUT2D eigenvalue weighted by molar-refractivity contribution is -0.121. The minimum atomic E-state index is -0.0636. The van der Waals surface area contributed by atoms with Crippen LogP contribution in [0.25, 0.3) is 11.0 Å². The first-order valence-corrected chi connectivity index (χ1v) is 10.5. The zero-order valence-electron chi connectivity index (χ0n) is 17.9. The molecule has 1 aromatic carbocycles. The second-order valence-corrected chi connectivity index (χ2v) is 8.07. The molecular weight excluding hydrogens is 394 g/mol. The first kappa shape index (κ1) is 21.0. The molecule has 2 aromatic heterocycles. The standard InChI is InChI=1S/C23H27N5O3/c1-13-6-4-5-7-17(13)21(30)18-10-24-22-20(18)23(26-12-25-22)28-16-8-9-19(31-11-16)14(2)27-15(3)29/h4-7,10,12,14,16,19H,8-9,11H2,1-3H3,(H,27,29)(H2,24,25,26,28)/t14-,16+,19-/m0/s1. The maximum atomic E-state index is 13.2. The third-order valence-corrected chi connectivity index (χ3v) is 5.74. The Morgan fingerprint density at radius 2 is 2.00 bits per heavy atom. The fraction of sp³-hybridized carbons (Fsp3) is 0.391. The Kier molecular flexibility index (Phi) is 5.99. The summed E-state index contributed by atoms with van der Waals surface area (Å²) in [4.78, 5) is 36.3. The summed E-state index contributed by atoms with van der Waals surface area (Å²) in [6.45, 7) is 5.88. The first-order chi connectivity index (χ1) is 14.9. The Morgan fingerprint density at radius 1 is 1.19 bits per heavy atom. The molecule has 0 saturated carbocycles. The number of rotatable bonds is 6. The fourth-order valence-corrected chi connectivity index (χ4v) is 4.11. The minimum Gasteiger partial charge on any atom is -0.374 e. The molecule has 1 fully saturated rings. The second-order valence-electron chi connectivity index (χ2n) is 8.07. The molecule has 4 rings (SSSR count). The van der Waals surface area contributed by atoms with Crippen LogP contribution in [-0.2, 0) is 9.53 Å². The van der Waals surface area contributed by atoms with Gasteiger partial charge in [-0.2, -0.15) is 0 Å². The lowest BCUT2D eigenvalue weighted by Gasteiger charge is -2.33. The van der Waals surface area contributed by atoms with Crippen LogP contribution in [-0.4, -0.2) is 51.4 Å². The number of nitrogens with zero attached hydrogens (tertiary/aromatic N) is 2. The zero-order valence-corrected chi connectivity index (χ0v) is 17.9. The number of benzene rings is 1. The molecule has 8 heteroatoms. The molecule has 3 heterocycles. The monoisotopic (exact) mass is 421 g/mol. The van der Waals surface area contributed by atoms with E-state index in [0.29, 0.717) is 34.6 Å². The molecule has 8 nitrogen and oxygen atoms in total. The number of anilines is 1. The molecule has 1 aliphatic rings. The smallest absolute Gasteiger partial charge is 0.217 e. The van der Waals surface area contributed by atoms with Crippen LogP contribution < -0.4 is 10.6 Å². The molecule has 0 radical (unpaired) electrons. The van der Waals surface area contributed by atoms with Gasteiger partial charge in [0, 0.05) is 18.7 Å². The number of ketones is 1. The van der Waals surface area contributed by atoms with Crippen molar-refractivity contribution in [1.29, 1.82) is 0 Å². The summed E-state index contributed by atoms with van der Waals surface area (Å²) in [5, 5.41) is 7.01. The van der Waals surface area contributed by atoms with Gasteiger partial charge in [0.2, 0.25) is 5.91 Å². The SMILES string of the molecule is CC(=O)N[C@@H](C)[C@@H]1CC[C@@H](Nc2ncnc3[nH]cc(C(=O)c4ccccc4C)c23)CO1. The van der Waals surface area contributed by atoms with E-state index in [1.165, 1.54) is 13.3 Å². The lowest BCUT2D eigenvalue weighted by Crippen LogP contribution is -2.46. The predicted molar refractivity (Wildman–Crippen MR) is 118 cm³/mol. The van der Waals surface area contributed by atoms with Gasteiger partial charge in [0.1, 0.15) is 17.8 Å². The molecule has 162 valence electrons. The van der Waals surface area contributed by atoms with Crippen LogP contribution in [0.15, 0.2) is 36.8 Å². The fourth-order valence-electron chi connectivity index (χ4n) is 4.11. The third-order valence-electron chi connectivity index (χ3n) is 5.74. The van der Waals surface area contributed by atoms with Crippen LogP contribution >= 0.6 is 0 Å². The van der Waals surface area contributed by atoms with E-state index in [1.54, 1.807) is 6.20 Å². The highest BCUT2D eigenvalue weighted by Crippen LogP contribution is 2.28. The van der Waals surface area contributed by atoms with Crippen LogP contribution in [0.4, 0.5) is 5.82 Å². The van der Waals surface area contributed by atoms with E-state index in [-0.39, 0.29) is 29.9 Å². The molecule has 31 heavy (non-hydrogen) atoms. The number of H-pyrrole nitrogens is 1. The van der Waals surface area contributed by atoms with Gasteiger partial charge in [-0.15, -0.1) is 0 Å². The van der Waals surface area contributed by atoms with Gasteiger partial charge in [-0.3, -0.25) is 9.59 Å². The van der Waals surface area contributed by atoms with Crippen LogP contribution in [0.1, 0.15) is 48.2 Å². The zero-order chi connectivity index (χ0) is 22.0. The number of amides is 1. The van der Waals surface area contributed by atoms with E-state index in [4.69, 9.17) is 4.74 Å². The number of aryl methyl sites for hydroxylation is 1. The third kappa shape index (κ3) is 4.44. The van der Waals surface area contributed by atoms with Gasteiger partial charge in [-0.05, 0) is 32.3 Å². The van der Waals surface area contributed by atoms with E-state index in [0.717, 1.165) is 18.4 Å². The van der Waals surface area contributed by atoms with E-state index in [9.17, 15) is 9.59 Å². The van der Waals surface area contributed by atoms with Gasteiger partial charge >= 0.3 is 0 Å². The van der Waals surface area contributed by atoms with E-state index in [1.807, 2.05) is 38.1 Å². The number of ether oxygens (including phenoxy) is 1. The molecule has 1 amide bonds. The summed E-state index contributed by atoms with van der Waals surface area (Å²) in [6, 6.07) is 7.56. The average Bonchev–Trinajstić information content (AvgIpc) is 3.19. The van der Waals surface area contributed by atoms with Crippen molar-refractivity contribution in [2.45, 2.75) is 51.8 Å². The van der Waals surface area contributed by atoms with Crippen molar-refractivity contribution >= 4 is 28.5 Å². The Morgan fingerprint density at radius 3 is 2.71 bits per heavy atom. The number of aromatic nitrogens is 3. The molecular formula is C23H27N5O3. The Labute approximate surface area is 180 Å². The molecule has 3 N–H and O–H groups in total. The number of hydrogen-bond acceptors (Lipinski definition) is 6. The first-order valence-electron chi connectivity index (χ1n) is 10.5. The van der Waals surface area contributed by atoms with Gasteiger partial charge < -0.3 is 20.4 Å². The van der Waals surface area contributed by atoms with Crippen LogP contribution in [0, 0.1) is 6.92 Å². The van der Waals surface area contributed by atoms with E-state index >= 15 is 0 Å². The Balaban J connectivity index is 1.53. The molecule has 1 saturated heterocycles. The van der Waals surface area contributed by atoms with Crippen molar-refractivity contribution < 1.29 is 14.3 Å². The number of aromatic amines is 1. The summed E-state index contributed by atoms with van der Waals surface area (Å²) in [5.74, 6) is 0.495. The molecule has 0 bridgehead atoms. The van der Waals surface area contributed by atoms with Crippen molar-refractivity contribution in [2.75, 3.05) is 11.9 Å². The molecule has 3 atom stereocenters. The predicted octanol–water partition coefficient (Wildman–Crippen LogP) is 2.98. The van der Waals surface area contributed by atoms with Crippen molar-refractivity contribution in [3.05, 3.63) is 53.5 Å². The maximum Gasteiger partial charge on any atom is 0.217 e.